The van der Waals surface area contributed by atoms with Gasteiger partial charge in [0, 0.05) is 12.0 Å². The van der Waals surface area contributed by atoms with Crippen molar-refractivity contribution in [3.63, 3.8) is 0 Å². The van der Waals surface area contributed by atoms with Crippen LogP contribution in [0.5, 0.6) is 0 Å². The molecule has 2 atom stereocenters. The van der Waals surface area contributed by atoms with Gasteiger partial charge in [-0.1, -0.05) is 32.0 Å². The number of aromatic nitrogens is 4. The Labute approximate surface area is 114 Å². The van der Waals surface area contributed by atoms with Gasteiger partial charge in [-0.3, -0.25) is 0 Å². The van der Waals surface area contributed by atoms with Gasteiger partial charge in [0.2, 0.25) is 0 Å². The summed E-state index contributed by atoms with van der Waals surface area (Å²) < 4.78 is 1.83. The van der Waals surface area contributed by atoms with E-state index in [1.54, 1.807) is 0 Å². The van der Waals surface area contributed by atoms with Crippen molar-refractivity contribution in [3.8, 4) is 5.69 Å². The predicted octanol–water partition coefficient (Wildman–Crippen LogP) is 2.01. The number of para-hydroxylation sites is 1. The van der Waals surface area contributed by atoms with E-state index < -0.39 is 0 Å². The number of tetrazole rings is 1. The topological polar surface area (TPSA) is 55.6 Å². The van der Waals surface area contributed by atoms with E-state index in [4.69, 9.17) is 0 Å². The van der Waals surface area contributed by atoms with E-state index in [2.05, 4.69) is 41.6 Å². The maximum Gasteiger partial charge on any atom is 0.161 e. The van der Waals surface area contributed by atoms with Crippen LogP contribution in [0.15, 0.2) is 30.3 Å². The summed E-state index contributed by atoms with van der Waals surface area (Å²) in [5, 5.41) is 15.5. The van der Waals surface area contributed by atoms with Crippen molar-refractivity contribution in [2.24, 2.45) is 5.92 Å². The van der Waals surface area contributed by atoms with Gasteiger partial charge in [-0.25, -0.2) is 0 Å². The van der Waals surface area contributed by atoms with Crippen LogP contribution in [0.1, 0.15) is 32.5 Å². The van der Waals surface area contributed by atoms with Crippen LogP contribution in [0.2, 0.25) is 0 Å². The quantitative estimate of drug-likeness (QED) is 0.892. The number of likely N-dealkylation sites (N-methyl/N-ethyl adjacent to an activating group) is 1. The van der Waals surface area contributed by atoms with Gasteiger partial charge < -0.3 is 5.32 Å². The average molecular weight is 259 g/mol. The fourth-order valence-electron chi connectivity index (χ4n) is 2.43. The van der Waals surface area contributed by atoms with Crippen LogP contribution in [-0.4, -0.2) is 33.3 Å². The molecule has 0 aliphatic rings. The predicted molar refractivity (Wildman–Crippen MR) is 75.3 cm³/mol. The Kier molecular flexibility index (Phi) is 4.27. The standard InChI is InChI=1S/C14H21N5/c1-10(2)13(11(3)15-4)14-16-17-18-19(14)12-8-6-5-7-9-12/h5-11,13,15H,1-4H3. The van der Waals surface area contributed by atoms with E-state index in [9.17, 15) is 0 Å². The lowest BCUT2D eigenvalue weighted by molar-refractivity contribution is 0.374. The highest BCUT2D eigenvalue weighted by atomic mass is 15.5. The SMILES string of the molecule is CNC(C)C(c1nnnn1-c1ccccc1)C(C)C. The Hall–Kier alpha value is -1.75. The molecule has 1 aromatic carbocycles. The highest BCUT2D eigenvalue weighted by Crippen LogP contribution is 2.27. The van der Waals surface area contributed by atoms with Crippen molar-refractivity contribution in [1.82, 2.24) is 25.5 Å². The molecule has 0 amide bonds. The molecule has 19 heavy (non-hydrogen) atoms. The lowest BCUT2D eigenvalue weighted by Gasteiger charge is -2.26. The third-order valence-corrected chi connectivity index (χ3v) is 3.50. The number of benzene rings is 1. The van der Waals surface area contributed by atoms with E-state index in [-0.39, 0.29) is 5.92 Å². The summed E-state index contributed by atoms with van der Waals surface area (Å²) in [4.78, 5) is 0. The highest BCUT2D eigenvalue weighted by Gasteiger charge is 2.27. The fourth-order valence-corrected chi connectivity index (χ4v) is 2.43. The van der Waals surface area contributed by atoms with E-state index in [1.807, 2.05) is 42.1 Å². The fraction of sp³-hybridized carbons (Fsp3) is 0.500. The molecule has 5 heteroatoms. The van der Waals surface area contributed by atoms with E-state index in [0.717, 1.165) is 11.5 Å². The summed E-state index contributed by atoms with van der Waals surface area (Å²) in [5.41, 5.74) is 0.997. The van der Waals surface area contributed by atoms with E-state index >= 15 is 0 Å². The largest absolute Gasteiger partial charge is 0.317 e. The van der Waals surface area contributed by atoms with E-state index in [1.165, 1.54) is 0 Å². The first-order valence-corrected chi connectivity index (χ1v) is 6.66. The molecule has 5 nitrogen and oxygen atoms in total. The van der Waals surface area contributed by atoms with Gasteiger partial charge in [0.15, 0.2) is 5.82 Å². The first-order valence-electron chi connectivity index (χ1n) is 6.66. The lowest BCUT2D eigenvalue weighted by Crippen LogP contribution is -2.33. The van der Waals surface area contributed by atoms with Gasteiger partial charge in [0.25, 0.3) is 0 Å². The van der Waals surface area contributed by atoms with Crippen molar-refractivity contribution < 1.29 is 0 Å². The Morgan fingerprint density at radius 1 is 1.11 bits per heavy atom. The molecule has 102 valence electrons. The third kappa shape index (κ3) is 2.81. The van der Waals surface area contributed by atoms with Crippen LogP contribution < -0.4 is 5.32 Å². The second-order valence-electron chi connectivity index (χ2n) is 5.13. The van der Waals surface area contributed by atoms with Crippen molar-refractivity contribution in [2.75, 3.05) is 7.05 Å². The molecule has 1 N–H and O–H groups in total. The minimum atomic E-state index is 0.264. The van der Waals surface area contributed by atoms with Gasteiger partial charge >= 0.3 is 0 Å². The molecule has 0 saturated carbocycles. The first-order chi connectivity index (χ1) is 9.15. The highest BCUT2D eigenvalue weighted by molar-refractivity contribution is 5.31. The molecule has 0 aliphatic carbocycles. The number of rotatable bonds is 5. The molecule has 1 heterocycles. The summed E-state index contributed by atoms with van der Waals surface area (Å²) in [6.07, 6.45) is 0. The summed E-state index contributed by atoms with van der Waals surface area (Å²) in [6, 6.07) is 10.3. The molecule has 0 spiro atoms. The Morgan fingerprint density at radius 3 is 2.37 bits per heavy atom. The van der Waals surface area contributed by atoms with Crippen LogP contribution in [0.4, 0.5) is 0 Å². The summed E-state index contributed by atoms with van der Waals surface area (Å²) in [6.45, 7) is 6.56. The van der Waals surface area contributed by atoms with Gasteiger partial charge in [0.05, 0.1) is 5.69 Å². The van der Waals surface area contributed by atoms with Crippen molar-refractivity contribution in [1.29, 1.82) is 0 Å². The second kappa shape index (κ2) is 5.93. The molecule has 0 aliphatic heterocycles. The molecule has 1 aromatic heterocycles. The van der Waals surface area contributed by atoms with Crippen LogP contribution in [0.25, 0.3) is 5.69 Å². The van der Waals surface area contributed by atoms with E-state index in [0.29, 0.717) is 12.0 Å². The van der Waals surface area contributed by atoms with Crippen LogP contribution in [0, 0.1) is 5.92 Å². The molecule has 0 radical (unpaired) electrons. The molecular weight excluding hydrogens is 238 g/mol. The maximum atomic E-state index is 4.25. The van der Waals surface area contributed by atoms with Crippen LogP contribution in [-0.2, 0) is 0 Å². The van der Waals surface area contributed by atoms with Crippen LogP contribution in [0.3, 0.4) is 0 Å². The molecule has 0 bridgehead atoms. The van der Waals surface area contributed by atoms with Gasteiger partial charge in [-0.05, 0) is 42.4 Å². The molecule has 2 aromatic rings. The molecule has 2 unspecified atom stereocenters. The summed E-state index contributed by atoms with van der Waals surface area (Å²) >= 11 is 0. The number of nitrogens with one attached hydrogen (secondary N) is 1. The van der Waals surface area contributed by atoms with Gasteiger partial charge in [-0.15, -0.1) is 5.10 Å². The zero-order valence-corrected chi connectivity index (χ0v) is 11.9. The Bertz CT molecular complexity index is 506. The lowest BCUT2D eigenvalue weighted by atomic mass is 9.88. The Balaban J connectivity index is 2.43. The van der Waals surface area contributed by atoms with Gasteiger partial charge in [0.1, 0.15) is 0 Å². The monoisotopic (exact) mass is 259 g/mol. The molecule has 0 saturated heterocycles. The molecule has 2 rings (SSSR count). The van der Waals surface area contributed by atoms with Gasteiger partial charge in [-0.2, -0.15) is 4.68 Å². The van der Waals surface area contributed by atoms with Crippen molar-refractivity contribution in [2.45, 2.75) is 32.7 Å². The minimum Gasteiger partial charge on any atom is -0.317 e. The number of nitrogens with zero attached hydrogens (tertiary/aromatic N) is 4. The molecule has 0 fully saturated rings. The first kappa shape index (κ1) is 13.7. The maximum absolute atomic E-state index is 4.25. The number of hydrogen-bond acceptors (Lipinski definition) is 4. The average Bonchev–Trinajstić information content (AvgIpc) is 2.88. The zero-order valence-electron chi connectivity index (χ0n) is 11.9. The van der Waals surface area contributed by atoms with Crippen LogP contribution >= 0.6 is 0 Å². The summed E-state index contributed by atoms with van der Waals surface area (Å²) in [7, 11) is 1.97. The second-order valence-corrected chi connectivity index (χ2v) is 5.13. The third-order valence-electron chi connectivity index (χ3n) is 3.50. The Morgan fingerprint density at radius 2 is 1.79 bits per heavy atom. The molecular formula is C14H21N5. The normalized spacial score (nSPS) is 14.6. The number of hydrogen-bond donors (Lipinski definition) is 1. The van der Waals surface area contributed by atoms with Crippen molar-refractivity contribution in [3.05, 3.63) is 36.2 Å². The zero-order chi connectivity index (χ0) is 13.8. The smallest absolute Gasteiger partial charge is 0.161 e. The minimum absolute atomic E-state index is 0.264. The van der Waals surface area contributed by atoms with Crippen molar-refractivity contribution >= 4 is 0 Å². The summed E-state index contributed by atoms with van der Waals surface area (Å²) in [5.74, 6) is 1.62.